The van der Waals surface area contributed by atoms with Gasteiger partial charge in [0.05, 0.1) is 6.61 Å². The van der Waals surface area contributed by atoms with Crippen molar-refractivity contribution in [1.82, 2.24) is 4.97 Å². The summed E-state index contributed by atoms with van der Waals surface area (Å²) in [4.78, 5) is 6.28. The maximum absolute atomic E-state index is 5.29. The summed E-state index contributed by atoms with van der Waals surface area (Å²) in [5, 5.41) is 0. The van der Waals surface area contributed by atoms with E-state index in [1.807, 2.05) is 6.92 Å². The minimum Gasteiger partial charge on any atom is -0.312 e. The summed E-state index contributed by atoms with van der Waals surface area (Å²) in [5.41, 5.74) is 0. The third kappa shape index (κ3) is 0.953. The maximum atomic E-state index is 5.29. The molecule has 1 unspecified atom stereocenters. The molecule has 0 N–H and O–H groups in total. The summed E-state index contributed by atoms with van der Waals surface area (Å²) in [6, 6.07) is 0.403. The summed E-state index contributed by atoms with van der Waals surface area (Å²) < 4.78 is 0. The van der Waals surface area contributed by atoms with Gasteiger partial charge < -0.3 is 4.84 Å². The molecule has 0 spiro atoms. The van der Waals surface area contributed by atoms with Crippen LogP contribution in [0.5, 0.6) is 0 Å². The highest BCUT2D eigenvalue weighted by Gasteiger charge is 2.14. The van der Waals surface area contributed by atoms with Crippen LogP contribution in [-0.4, -0.2) is 25.6 Å². The Labute approximate surface area is 44.8 Å². The van der Waals surface area contributed by atoms with Crippen LogP contribution >= 0.6 is 0 Å². The van der Waals surface area contributed by atoms with Crippen molar-refractivity contribution < 1.29 is 4.84 Å². The van der Waals surface area contributed by atoms with Crippen LogP contribution in [0.4, 0.5) is 0 Å². The van der Waals surface area contributed by atoms with Gasteiger partial charge in [0.15, 0.2) is 0 Å². The lowest BCUT2D eigenvalue weighted by Crippen LogP contribution is -2.21. The lowest BCUT2D eigenvalue weighted by molar-refractivity contribution is -0.0454. The molecule has 1 heterocycles. The SMILES string of the molecule is [B]N1OCCC1C. The van der Waals surface area contributed by atoms with Gasteiger partial charge in [-0.05, 0) is 13.3 Å². The van der Waals surface area contributed by atoms with Crippen molar-refractivity contribution in [3.05, 3.63) is 0 Å². The van der Waals surface area contributed by atoms with Crippen LogP contribution in [-0.2, 0) is 4.84 Å². The van der Waals surface area contributed by atoms with E-state index in [4.69, 9.17) is 12.8 Å². The molecule has 0 aromatic heterocycles. The smallest absolute Gasteiger partial charge is 0.224 e. The number of hydroxylamine groups is 1. The van der Waals surface area contributed by atoms with Gasteiger partial charge >= 0.3 is 0 Å². The summed E-state index contributed by atoms with van der Waals surface area (Å²) in [6.45, 7) is 2.81. The van der Waals surface area contributed by atoms with E-state index in [0.717, 1.165) is 13.0 Å². The Balaban J connectivity index is 2.33. The Bertz CT molecular complexity index is 60.7. The van der Waals surface area contributed by atoms with Crippen molar-refractivity contribution in [2.24, 2.45) is 0 Å². The molecule has 1 aliphatic heterocycles. The summed E-state index contributed by atoms with van der Waals surface area (Å²) in [6.07, 6.45) is 1.05. The second-order valence-corrected chi connectivity index (χ2v) is 1.83. The fraction of sp³-hybridized carbons (Fsp3) is 1.00. The highest BCUT2D eigenvalue weighted by molar-refractivity contribution is 6.03. The highest BCUT2D eigenvalue weighted by atomic mass is 16.7. The van der Waals surface area contributed by atoms with Gasteiger partial charge in [-0.15, -0.1) is 0 Å². The molecule has 0 bridgehead atoms. The molecule has 0 aromatic rings. The van der Waals surface area contributed by atoms with E-state index in [9.17, 15) is 0 Å². The third-order valence-electron chi connectivity index (χ3n) is 1.21. The molecule has 3 heteroatoms. The number of nitrogens with zero attached hydrogens (tertiary/aromatic N) is 1. The van der Waals surface area contributed by atoms with Crippen molar-refractivity contribution in [2.75, 3.05) is 6.61 Å². The first kappa shape index (κ1) is 5.13. The molecular formula is C4H8BNO. The second kappa shape index (κ2) is 1.84. The Morgan fingerprint density at radius 1 is 1.86 bits per heavy atom. The average molecular weight is 96.9 g/mol. The van der Waals surface area contributed by atoms with Gasteiger partial charge in [0.25, 0.3) is 0 Å². The van der Waals surface area contributed by atoms with E-state index in [0.29, 0.717) is 6.04 Å². The van der Waals surface area contributed by atoms with Gasteiger partial charge in [0.1, 0.15) is 0 Å². The van der Waals surface area contributed by atoms with Crippen LogP contribution in [0.15, 0.2) is 0 Å². The zero-order valence-electron chi connectivity index (χ0n) is 4.42. The molecule has 0 amide bonds. The van der Waals surface area contributed by atoms with Crippen LogP contribution in [0.1, 0.15) is 13.3 Å². The lowest BCUT2D eigenvalue weighted by Gasteiger charge is -2.11. The Hall–Kier alpha value is -0.0151. The van der Waals surface area contributed by atoms with E-state index < -0.39 is 0 Å². The van der Waals surface area contributed by atoms with Crippen molar-refractivity contribution in [3.63, 3.8) is 0 Å². The first-order chi connectivity index (χ1) is 3.30. The fourth-order valence-corrected chi connectivity index (χ4v) is 0.583. The quantitative estimate of drug-likeness (QED) is 0.397. The van der Waals surface area contributed by atoms with Crippen molar-refractivity contribution in [1.29, 1.82) is 0 Å². The summed E-state index contributed by atoms with van der Waals surface area (Å²) in [7, 11) is 5.29. The first-order valence-corrected chi connectivity index (χ1v) is 2.47. The molecule has 2 radical (unpaired) electrons. The molecule has 1 fully saturated rings. The molecule has 1 saturated heterocycles. The van der Waals surface area contributed by atoms with Gasteiger partial charge in [-0.2, -0.15) is 0 Å². The maximum Gasteiger partial charge on any atom is 0.224 e. The molecule has 38 valence electrons. The van der Waals surface area contributed by atoms with E-state index >= 15 is 0 Å². The number of hydrogen-bond acceptors (Lipinski definition) is 2. The van der Waals surface area contributed by atoms with Gasteiger partial charge in [0, 0.05) is 6.04 Å². The Morgan fingerprint density at radius 3 is 2.71 bits per heavy atom. The van der Waals surface area contributed by atoms with E-state index in [1.54, 1.807) is 0 Å². The van der Waals surface area contributed by atoms with Gasteiger partial charge in [-0.25, -0.2) is 4.97 Å². The lowest BCUT2D eigenvalue weighted by atomic mass is 10.2. The molecule has 0 aromatic carbocycles. The van der Waals surface area contributed by atoms with Crippen molar-refractivity contribution in [2.45, 2.75) is 19.4 Å². The zero-order chi connectivity index (χ0) is 5.28. The van der Waals surface area contributed by atoms with Gasteiger partial charge in [0.2, 0.25) is 7.98 Å². The van der Waals surface area contributed by atoms with Crippen molar-refractivity contribution in [3.8, 4) is 0 Å². The van der Waals surface area contributed by atoms with Gasteiger partial charge in [-0.1, -0.05) is 0 Å². The summed E-state index contributed by atoms with van der Waals surface area (Å²) in [5.74, 6) is 0. The molecule has 0 saturated carbocycles. The highest BCUT2D eigenvalue weighted by Crippen LogP contribution is 2.08. The van der Waals surface area contributed by atoms with Gasteiger partial charge in [-0.3, -0.25) is 0 Å². The normalized spacial score (nSPS) is 34.1. The van der Waals surface area contributed by atoms with Crippen molar-refractivity contribution >= 4 is 7.98 Å². The average Bonchev–Trinajstić information content (AvgIpc) is 1.91. The predicted molar refractivity (Wildman–Crippen MR) is 27.6 cm³/mol. The van der Waals surface area contributed by atoms with Crippen LogP contribution in [0.3, 0.4) is 0 Å². The minimum atomic E-state index is 0.403. The third-order valence-corrected chi connectivity index (χ3v) is 1.21. The topological polar surface area (TPSA) is 12.5 Å². The fourth-order valence-electron chi connectivity index (χ4n) is 0.583. The molecule has 1 atom stereocenters. The molecule has 2 nitrogen and oxygen atoms in total. The van der Waals surface area contributed by atoms with E-state index in [1.165, 1.54) is 4.97 Å². The molecular weight excluding hydrogens is 88.9 g/mol. The standard InChI is InChI=1S/C4H8BNO/c1-4-2-3-7-6(4)5/h4H,2-3H2,1H3. The molecule has 1 rings (SSSR count). The van der Waals surface area contributed by atoms with Crippen LogP contribution < -0.4 is 0 Å². The molecule has 7 heavy (non-hydrogen) atoms. The predicted octanol–water partition coefficient (Wildman–Crippen LogP) is 0.0957. The summed E-state index contributed by atoms with van der Waals surface area (Å²) >= 11 is 0. The minimum absolute atomic E-state index is 0.403. The number of hydrogen-bond donors (Lipinski definition) is 0. The monoisotopic (exact) mass is 97.1 g/mol. The van der Waals surface area contributed by atoms with Crippen LogP contribution in [0.25, 0.3) is 0 Å². The molecule has 1 aliphatic rings. The van der Waals surface area contributed by atoms with E-state index in [2.05, 4.69) is 0 Å². The first-order valence-electron chi connectivity index (χ1n) is 2.47. The largest absolute Gasteiger partial charge is 0.312 e. The molecule has 0 aliphatic carbocycles. The Kier molecular flexibility index (Phi) is 1.35. The number of rotatable bonds is 0. The van der Waals surface area contributed by atoms with E-state index in [-0.39, 0.29) is 0 Å². The zero-order valence-corrected chi connectivity index (χ0v) is 4.42. The van der Waals surface area contributed by atoms with Crippen LogP contribution in [0.2, 0.25) is 0 Å². The second-order valence-electron chi connectivity index (χ2n) is 1.83. The van der Waals surface area contributed by atoms with Crippen LogP contribution in [0, 0.1) is 0 Å². The Morgan fingerprint density at radius 2 is 2.57 bits per heavy atom.